The smallest absolute Gasteiger partial charge is 0.409 e. The molecule has 8 heteroatoms. The molecule has 1 aromatic rings. The Bertz CT molecular complexity index is 608. The van der Waals surface area contributed by atoms with Crippen LogP contribution in [0.5, 0.6) is 5.75 Å². The Kier molecular flexibility index (Phi) is 5.28. The lowest BCUT2D eigenvalue weighted by atomic mass is 9.88. The molecule has 0 bridgehead atoms. The van der Waals surface area contributed by atoms with Crippen molar-refractivity contribution in [2.75, 3.05) is 20.3 Å². The van der Waals surface area contributed by atoms with E-state index < -0.39 is 29.7 Å². The molecule has 1 aliphatic rings. The van der Waals surface area contributed by atoms with Crippen molar-refractivity contribution in [1.29, 1.82) is 0 Å². The molecule has 2 rings (SSSR count). The van der Waals surface area contributed by atoms with Gasteiger partial charge in [-0.2, -0.15) is 0 Å². The van der Waals surface area contributed by atoms with Gasteiger partial charge in [-0.3, -0.25) is 5.32 Å². The maximum absolute atomic E-state index is 12.5. The highest BCUT2D eigenvalue weighted by Gasteiger charge is 2.63. The summed E-state index contributed by atoms with van der Waals surface area (Å²) in [4.78, 5) is 36.8. The fraction of sp³-hybridized carbons (Fsp3) is 0.438. The van der Waals surface area contributed by atoms with E-state index in [0.717, 1.165) is 0 Å². The van der Waals surface area contributed by atoms with Crippen molar-refractivity contribution in [3.05, 3.63) is 29.8 Å². The summed E-state index contributed by atoms with van der Waals surface area (Å²) in [5, 5.41) is 2.27. The van der Waals surface area contributed by atoms with Crippen molar-refractivity contribution >= 4 is 18.0 Å². The molecule has 1 fully saturated rings. The summed E-state index contributed by atoms with van der Waals surface area (Å²) in [6, 6.07) is 6.44. The molecule has 1 saturated heterocycles. The molecule has 0 radical (unpaired) electrons. The Morgan fingerprint density at radius 2 is 1.67 bits per heavy atom. The maximum Gasteiger partial charge on any atom is 0.409 e. The van der Waals surface area contributed by atoms with Crippen molar-refractivity contribution in [3.8, 4) is 5.75 Å². The zero-order chi connectivity index (χ0) is 17.7. The van der Waals surface area contributed by atoms with Gasteiger partial charge in [0.05, 0.1) is 20.3 Å². The number of carbonyl (C=O) groups is 3. The number of benzene rings is 1. The summed E-state index contributed by atoms with van der Waals surface area (Å²) in [5.74, 6) is -1.29. The van der Waals surface area contributed by atoms with Crippen molar-refractivity contribution in [1.82, 2.24) is 5.32 Å². The predicted molar refractivity (Wildman–Crippen MR) is 81.3 cm³/mol. The highest BCUT2D eigenvalue weighted by molar-refractivity contribution is 6.09. The number of cyclic esters (lactones) is 1. The first-order valence-electron chi connectivity index (χ1n) is 7.46. The molecule has 0 unspecified atom stereocenters. The van der Waals surface area contributed by atoms with Crippen molar-refractivity contribution in [2.24, 2.45) is 0 Å². The Hall–Kier alpha value is -2.77. The van der Waals surface area contributed by atoms with E-state index in [1.54, 1.807) is 38.1 Å². The minimum Gasteiger partial charge on any atom is -0.497 e. The van der Waals surface area contributed by atoms with E-state index in [4.69, 9.17) is 18.9 Å². The molecular formula is C16H19NO7. The van der Waals surface area contributed by atoms with Crippen LogP contribution in [0.25, 0.3) is 0 Å². The second-order valence-corrected chi connectivity index (χ2v) is 4.93. The summed E-state index contributed by atoms with van der Waals surface area (Å²) in [6.45, 7) is 3.25. The lowest BCUT2D eigenvalue weighted by molar-refractivity contribution is -0.168. The Morgan fingerprint density at radius 1 is 1.12 bits per heavy atom. The van der Waals surface area contributed by atoms with E-state index in [-0.39, 0.29) is 13.2 Å². The van der Waals surface area contributed by atoms with Gasteiger partial charge in [-0.05, 0) is 31.5 Å². The molecule has 1 N–H and O–H groups in total. The molecule has 1 atom stereocenters. The molecular weight excluding hydrogens is 318 g/mol. The van der Waals surface area contributed by atoms with Gasteiger partial charge >= 0.3 is 18.0 Å². The average Bonchev–Trinajstić information content (AvgIpc) is 2.94. The number of hydrogen-bond acceptors (Lipinski definition) is 7. The third kappa shape index (κ3) is 2.99. The van der Waals surface area contributed by atoms with E-state index in [2.05, 4.69) is 5.32 Å². The molecule has 1 aromatic carbocycles. The van der Waals surface area contributed by atoms with Crippen LogP contribution >= 0.6 is 0 Å². The standard InChI is InChI=1S/C16H19NO7/c1-4-22-13(18)16(14(19)23-5-2)12(24-15(20)17-16)10-6-8-11(21-3)9-7-10/h6-9,12H,4-5H2,1-3H3,(H,17,20)/t12-/m0/s1. The average molecular weight is 337 g/mol. The quantitative estimate of drug-likeness (QED) is 0.475. The number of methoxy groups -OCH3 is 1. The van der Waals surface area contributed by atoms with Gasteiger partial charge in [0.1, 0.15) is 5.75 Å². The van der Waals surface area contributed by atoms with Crippen LogP contribution in [-0.2, 0) is 23.8 Å². The van der Waals surface area contributed by atoms with Crippen LogP contribution in [0.3, 0.4) is 0 Å². The molecule has 130 valence electrons. The van der Waals surface area contributed by atoms with Gasteiger partial charge < -0.3 is 18.9 Å². The molecule has 0 aliphatic carbocycles. The summed E-state index contributed by atoms with van der Waals surface area (Å²) in [5.41, 5.74) is -1.66. The first-order chi connectivity index (χ1) is 11.5. The number of ether oxygens (including phenoxy) is 4. The zero-order valence-electron chi connectivity index (χ0n) is 13.7. The lowest BCUT2D eigenvalue weighted by Gasteiger charge is -2.28. The second-order valence-electron chi connectivity index (χ2n) is 4.93. The van der Waals surface area contributed by atoms with Crippen LogP contribution in [0.1, 0.15) is 25.5 Å². The zero-order valence-corrected chi connectivity index (χ0v) is 13.7. The third-order valence-corrected chi connectivity index (χ3v) is 3.53. The Morgan fingerprint density at radius 3 is 2.12 bits per heavy atom. The first-order valence-corrected chi connectivity index (χ1v) is 7.46. The minimum atomic E-state index is -2.09. The normalized spacial score (nSPS) is 18.3. The van der Waals surface area contributed by atoms with Crippen LogP contribution in [0.4, 0.5) is 4.79 Å². The number of amides is 1. The summed E-state index contributed by atoms with van der Waals surface area (Å²) in [6.07, 6.45) is -2.12. The van der Waals surface area contributed by atoms with E-state index in [0.29, 0.717) is 11.3 Å². The van der Waals surface area contributed by atoms with Gasteiger partial charge in [0, 0.05) is 0 Å². The van der Waals surface area contributed by atoms with Crippen LogP contribution in [0.15, 0.2) is 24.3 Å². The van der Waals surface area contributed by atoms with Crippen LogP contribution in [-0.4, -0.2) is 43.9 Å². The largest absolute Gasteiger partial charge is 0.497 e. The van der Waals surface area contributed by atoms with Gasteiger partial charge in [0.15, 0.2) is 6.10 Å². The highest BCUT2D eigenvalue weighted by Crippen LogP contribution is 2.37. The molecule has 0 spiro atoms. The van der Waals surface area contributed by atoms with E-state index in [1.165, 1.54) is 7.11 Å². The SMILES string of the molecule is CCOC(=O)C1(C(=O)OCC)NC(=O)O[C@H]1c1ccc(OC)cc1. The van der Waals surface area contributed by atoms with E-state index in [1.807, 2.05) is 0 Å². The van der Waals surface area contributed by atoms with Crippen molar-refractivity contribution in [3.63, 3.8) is 0 Å². The molecule has 8 nitrogen and oxygen atoms in total. The topological polar surface area (TPSA) is 100 Å². The number of rotatable bonds is 6. The number of esters is 2. The number of nitrogens with one attached hydrogen (secondary N) is 1. The predicted octanol–water partition coefficient (Wildman–Crippen LogP) is 1.34. The number of hydrogen-bond donors (Lipinski definition) is 1. The monoisotopic (exact) mass is 337 g/mol. The van der Waals surface area contributed by atoms with Gasteiger partial charge in [0.25, 0.3) is 5.54 Å². The summed E-state index contributed by atoms with van der Waals surface area (Å²) >= 11 is 0. The molecule has 1 heterocycles. The number of carbonyl (C=O) groups excluding carboxylic acids is 3. The minimum absolute atomic E-state index is 0.0329. The Balaban J connectivity index is 2.49. The van der Waals surface area contributed by atoms with Gasteiger partial charge in [0.2, 0.25) is 0 Å². The van der Waals surface area contributed by atoms with E-state index >= 15 is 0 Å². The van der Waals surface area contributed by atoms with Crippen LogP contribution in [0, 0.1) is 0 Å². The van der Waals surface area contributed by atoms with Gasteiger partial charge in [-0.1, -0.05) is 12.1 Å². The van der Waals surface area contributed by atoms with Gasteiger partial charge in [-0.25, -0.2) is 14.4 Å². The molecule has 1 amide bonds. The highest BCUT2D eigenvalue weighted by atomic mass is 16.6. The fourth-order valence-corrected chi connectivity index (χ4v) is 2.44. The fourth-order valence-electron chi connectivity index (χ4n) is 2.44. The van der Waals surface area contributed by atoms with Crippen LogP contribution < -0.4 is 10.1 Å². The molecule has 1 aliphatic heterocycles. The maximum atomic E-state index is 12.5. The number of alkyl carbamates (subject to hydrolysis) is 1. The first kappa shape index (κ1) is 17.6. The molecule has 0 saturated carbocycles. The third-order valence-electron chi connectivity index (χ3n) is 3.53. The summed E-state index contributed by atoms with van der Waals surface area (Å²) < 4.78 is 20.2. The van der Waals surface area contributed by atoms with Crippen molar-refractivity contribution in [2.45, 2.75) is 25.5 Å². The molecule has 0 aromatic heterocycles. The van der Waals surface area contributed by atoms with E-state index in [9.17, 15) is 14.4 Å². The molecule has 24 heavy (non-hydrogen) atoms. The Labute approximate surface area is 139 Å². The second kappa shape index (κ2) is 7.20. The van der Waals surface area contributed by atoms with Gasteiger partial charge in [-0.15, -0.1) is 0 Å². The lowest BCUT2D eigenvalue weighted by Crippen LogP contribution is -2.59. The van der Waals surface area contributed by atoms with Crippen LogP contribution in [0.2, 0.25) is 0 Å². The van der Waals surface area contributed by atoms with Crippen molar-refractivity contribution < 1.29 is 33.3 Å². The summed E-state index contributed by atoms with van der Waals surface area (Å²) in [7, 11) is 1.51.